The molecule has 0 radical (unpaired) electrons. The van der Waals surface area contributed by atoms with Crippen molar-refractivity contribution < 1.29 is 9.13 Å². The highest BCUT2D eigenvalue weighted by atomic mass is 19.1. The van der Waals surface area contributed by atoms with Gasteiger partial charge in [-0.2, -0.15) is 0 Å². The van der Waals surface area contributed by atoms with Gasteiger partial charge in [-0.1, -0.05) is 18.2 Å². The van der Waals surface area contributed by atoms with Crippen molar-refractivity contribution in [1.29, 1.82) is 0 Å². The van der Waals surface area contributed by atoms with E-state index in [1.54, 1.807) is 18.1 Å². The van der Waals surface area contributed by atoms with Gasteiger partial charge in [-0.15, -0.1) is 0 Å². The number of benzene rings is 2. The molecule has 0 saturated heterocycles. The number of hydrogen-bond donors (Lipinski definition) is 1. The van der Waals surface area contributed by atoms with E-state index in [2.05, 4.69) is 0 Å². The molecule has 2 rings (SSSR count). The lowest BCUT2D eigenvalue weighted by Crippen LogP contribution is -2.15. The summed E-state index contributed by atoms with van der Waals surface area (Å²) in [5.74, 6) is 0.447. The van der Waals surface area contributed by atoms with Crippen molar-refractivity contribution in [2.24, 2.45) is 5.73 Å². The van der Waals surface area contributed by atoms with Crippen LogP contribution in [0.5, 0.6) is 5.75 Å². The molecule has 0 spiro atoms. The Morgan fingerprint density at radius 1 is 1.21 bits per heavy atom. The smallest absolute Gasteiger partial charge is 0.147 e. The quantitative estimate of drug-likeness (QED) is 0.918. The summed E-state index contributed by atoms with van der Waals surface area (Å²) in [5.41, 5.74) is 7.79. The first-order chi connectivity index (χ1) is 9.17. The van der Waals surface area contributed by atoms with E-state index in [1.807, 2.05) is 37.4 Å². The molecule has 19 heavy (non-hydrogen) atoms. The highest BCUT2D eigenvalue weighted by Crippen LogP contribution is 2.31. The molecule has 0 saturated carbocycles. The van der Waals surface area contributed by atoms with Crippen molar-refractivity contribution >= 4 is 11.4 Å². The number of nitrogens with zero attached hydrogens (tertiary/aromatic N) is 1. The van der Waals surface area contributed by atoms with Crippen LogP contribution in [0.3, 0.4) is 0 Å². The van der Waals surface area contributed by atoms with Gasteiger partial charge in [-0.05, 0) is 23.8 Å². The standard InChI is InChI=1S/C15H17FN2O/c1-18(12-6-4-7-13(9-12)19-2)15-11(10-17)5-3-8-14(15)16/h3-9H,10,17H2,1-2H3. The Kier molecular flexibility index (Phi) is 4.02. The van der Waals surface area contributed by atoms with Crippen molar-refractivity contribution in [3.63, 3.8) is 0 Å². The van der Waals surface area contributed by atoms with Crippen LogP contribution in [0.4, 0.5) is 15.8 Å². The lowest BCUT2D eigenvalue weighted by Gasteiger charge is -2.23. The normalized spacial score (nSPS) is 10.3. The maximum atomic E-state index is 14.0. The van der Waals surface area contributed by atoms with E-state index < -0.39 is 0 Å². The fourth-order valence-electron chi connectivity index (χ4n) is 2.05. The van der Waals surface area contributed by atoms with Gasteiger partial charge in [0.1, 0.15) is 11.6 Å². The second-order valence-corrected chi connectivity index (χ2v) is 4.21. The van der Waals surface area contributed by atoms with Crippen LogP contribution in [0.1, 0.15) is 5.56 Å². The van der Waals surface area contributed by atoms with E-state index in [4.69, 9.17) is 10.5 Å². The van der Waals surface area contributed by atoms with Gasteiger partial charge in [-0.25, -0.2) is 4.39 Å². The molecule has 0 aliphatic heterocycles. The van der Waals surface area contributed by atoms with Crippen LogP contribution in [0, 0.1) is 5.82 Å². The molecular formula is C15H17FN2O. The third-order valence-corrected chi connectivity index (χ3v) is 3.07. The third-order valence-electron chi connectivity index (χ3n) is 3.07. The molecule has 0 aromatic heterocycles. The number of nitrogens with two attached hydrogens (primary N) is 1. The Balaban J connectivity index is 2.46. The van der Waals surface area contributed by atoms with Crippen LogP contribution in [-0.4, -0.2) is 14.2 Å². The molecule has 0 atom stereocenters. The summed E-state index contributed by atoms with van der Waals surface area (Å²) < 4.78 is 19.2. The summed E-state index contributed by atoms with van der Waals surface area (Å²) in [6.07, 6.45) is 0. The van der Waals surface area contributed by atoms with Crippen molar-refractivity contribution in [1.82, 2.24) is 0 Å². The van der Waals surface area contributed by atoms with Crippen molar-refractivity contribution in [2.45, 2.75) is 6.54 Å². The average Bonchev–Trinajstić information content (AvgIpc) is 2.46. The number of hydrogen-bond acceptors (Lipinski definition) is 3. The van der Waals surface area contributed by atoms with Crippen LogP contribution >= 0.6 is 0 Å². The zero-order chi connectivity index (χ0) is 13.8. The van der Waals surface area contributed by atoms with Crippen molar-refractivity contribution in [3.8, 4) is 5.75 Å². The molecule has 0 heterocycles. The summed E-state index contributed by atoms with van der Waals surface area (Å²) in [6.45, 7) is 0.293. The SMILES string of the molecule is COc1cccc(N(C)c2c(F)cccc2CN)c1. The number of halogens is 1. The molecule has 0 fully saturated rings. The lowest BCUT2D eigenvalue weighted by atomic mass is 10.1. The number of para-hydroxylation sites is 1. The number of rotatable bonds is 4. The third kappa shape index (κ3) is 2.69. The highest BCUT2D eigenvalue weighted by molar-refractivity contribution is 5.67. The largest absolute Gasteiger partial charge is 0.497 e. The van der Waals surface area contributed by atoms with Gasteiger partial charge in [0.15, 0.2) is 0 Å². The minimum atomic E-state index is -0.284. The van der Waals surface area contributed by atoms with Gasteiger partial charge >= 0.3 is 0 Å². The minimum absolute atomic E-state index is 0.284. The summed E-state index contributed by atoms with van der Waals surface area (Å²) >= 11 is 0. The van der Waals surface area contributed by atoms with E-state index in [0.717, 1.165) is 17.0 Å². The van der Waals surface area contributed by atoms with Crippen LogP contribution in [0.15, 0.2) is 42.5 Å². The average molecular weight is 260 g/mol. The molecule has 0 bridgehead atoms. The van der Waals surface area contributed by atoms with E-state index >= 15 is 0 Å². The van der Waals surface area contributed by atoms with E-state index in [0.29, 0.717) is 12.2 Å². The Morgan fingerprint density at radius 2 is 1.95 bits per heavy atom. The Labute approximate surface area is 112 Å². The molecular weight excluding hydrogens is 243 g/mol. The summed E-state index contributed by atoms with van der Waals surface area (Å²) in [7, 11) is 3.42. The van der Waals surface area contributed by atoms with Gasteiger partial charge in [0, 0.05) is 25.3 Å². The predicted octanol–water partition coefficient (Wildman–Crippen LogP) is 3.06. The van der Waals surface area contributed by atoms with E-state index in [1.165, 1.54) is 6.07 Å². The topological polar surface area (TPSA) is 38.5 Å². The molecule has 0 aliphatic rings. The molecule has 0 amide bonds. The molecule has 0 unspecified atom stereocenters. The van der Waals surface area contributed by atoms with Gasteiger partial charge in [0.25, 0.3) is 0 Å². The Bertz CT molecular complexity index is 572. The fraction of sp³-hybridized carbons (Fsp3) is 0.200. The number of methoxy groups -OCH3 is 1. The van der Waals surface area contributed by atoms with Gasteiger partial charge in [0.05, 0.1) is 12.8 Å². The predicted molar refractivity (Wildman–Crippen MR) is 75.3 cm³/mol. The highest BCUT2D eigenvalue weighted by Gasteiger charge is 2.13. The molecule has 4 heteroatoms. The molecule has 2 N–H and O–H groups in total. The summed E-state index contributed by atoms with van der Waals surface area (Å²) in [5, 5.41) is 0. The zero-order valence-corrected chi connectivity index (χ0v) is 11.1. The van der Waals surface area contributed by atoms with E-state index in [-0.39, 0.29) is 5.82 Å². The van der Waals surface area contributed by atoms with Crippen LogP contribution < -0.4 is 15.4 Å². The Morgan fingerprint density at radius 3 is 2.63 bits per heavy atom. The van der Waals surface area contributed by atoms with E-state index in [9.17, 15) is 4.39 Å². The molecule has 3 nitrogen and oxygen atoms in total. The van der Waals surface area contributed by atoms with Gasteiger partial charge < -0.3 is 15.4 Å². The van der Waals surface area contributed by atoms with Crippen LogP contribution in [0.2, 0.25) is 0 Å². The first-order valence-electron chi connectivity index (χ1n) is 6.02. The maximum Gasteiger partial charge on any atom is 0.147 e. The first-order valence-corrected chi connectivity index (χ1v) is 6.02. The molecule has 2 aromatic rings. The minimum Gasteiger partial charge on any atom is -0.497 e. The maximum absolute atomic E-state index is 14.0. The number of anilines is 2. The number of ether oxygens (including phenoxy) is 1. The van der Waals surface area contributed by atoms with Crippen LogP contribution in [-0.2, 0) is 6.54 Å². The van der Waals surface area contributed by atoms with Crippen molar-refractivity contribution in [2.75, 3.05) is 19.1 Å². The molecule has 2 aromatic carbocycles. The lowest BCUT2D eigenvalue weighted by molar-refractivity contribution is 0.415. The first kappa shape index (κ1) is 13.4. The summed E-state index contributed by atoms with van der Waals surface area (Å²) in [6, 6.07) is 12.4. The fourth-order valence-corrected chi connectivity index (χ4v) is 2.05. The zero-order valence-electron chi connectivity index (χ0n) is 11.1. The molecule has 0 aliphatic carbocycles. The second kappa shape index (κ2) is 5.71. The Hall–Kier alpha value is -2.07. The van der Waals surface area contributed by atoms with Crippen LogP contribution in [0.25, 0.3) is 0 Å². The van der Waals surface area contributed by atoms with Gasteiger partial charge in [-0.3, -0.25) is 0 Å². The summed E-state index contributed by atoms with van der Waals surface area (Å²) in [4.78, 5) is 1.78. The monoisotopic (exact) mass is 260 g/mol. The van der Waals surface area contributed by atoms with Crippen molar-refractivity contribution in [3.05, 3.63) is 53.8 Å². The van der Waals surface area contributed by atoms with Gasteiger partial charge in [0.2, 0.25) is 0 Å². The molecule has 100 valence electrons. The second-order valence-electron chi connectivity index (χ2n) is 4.21.